The maximum absolute atomic E-state index is 6.19. The van der Waals surface area contributed by atoms with Crippen LogP contribution in [-0.2, 0) is 6.54 Å². The molecular weight excluding hydrogens is 321 g/mol. The highest BCUT2D eigenvalue weighted by Crippen LogP contribution is 2.28. The largest absolute Gasteiger partial charge is 0.299 e. The Labute approximate surface area is 121 Å². The van der Waals surface area contributed by atoms with Crippen LogP contribution in [0.25, 0.3) is 0 Å². The van der Waals surface area contributed by atoms with Crippen LogP contribution in [0.3, 0.4) is 0 Å². The summed E-state index contributed by atoms with van der Waals surface area (Å²) in [5.74, 6) is 0.815. The highest BCUT2D eigenvalue weighted by atomic mass is 79.9. The van der Waals surface area contributed by atoms with E-state index < -0.39 is 0 Å². The van der Waals surface area contributed by atoms with Crippen molar-refractivity contribution in [3.05, 3.63) is 33.8 Å². The molecular formula is C13H16BrCl2N. The summed E-state index contributed by atoms with van der Waals surface area (Å²) in [5.41, 5.74) is 1.07. The van der Waals surface area contributed by atoms with Gasteiger partial charge in [-0.05, 0) is 37.4 Å². The Balaban J connectivity index is 1.98. The first-order valence-electron chi connectivity index (χ1n) is 5.92. The topological polar surface area (TPSA) is 3.24 Å². The first-order valence-corrected chi connectivity index (χ1v) is 7.79. The normalized spacial score (nSPS) is 21.0. The van der Waals surface area contributed by atoms with Gasteiger partial charge in [-0.15, -0.1) is 0 Å². The Morgan fingerprint density at radius 3 is 2.65 bits per heavy atom. The second-order valence-electron chi connectivity index (χ2n) is 4.57. The van der Waals surface area contributed by atoms with Crippen molar-refractivity contribution in [3.8, 4) is 0 Å². The van der Waals surface area contributed by atoms with E-state index in [4.69, 9.17) is 23.2 Å². The van der Waals surface area contributed by atoms with E-state index in [1.165, 1.54) is 12.8 Å². The molecule has 0 saturated carbocycles. The van der Waals surface area contributed by atoms with Gasteiger partial charge in [-0.2, -0.15) is 0 Å². The number of alkyl halides is 1. The molecule has 0 aromatic heterocycles. The molecule has 2 rings (SSSR count). The van der Waals surface area contributed by atoms with Gasteiger partial charge in [0.05, 0.1) is 0 Å². The second kappa shape index (κ2) is 6.42. The molecule has 17 heavy (non-hydrogen) atoms. The van der Waals surface area contributed by atoms with Gasteiger partial charge in [-0.3, -0.25) is 4.90 Å². The molecule has 1 fully saturated rings. The van der Waals surface area contributed by atoms with Gasteiger partial charge in [0.1, 0.15) is 0 Å². The highest BCUT2D eigenvalue weighted by Gasteiger charge is 2.22. The van der Waals surface area contributed by atoms with Gasteiger partial charge in [0.25, 0.3) is 0 Å². The molecule has 1 saturated heterocycles. The third-order valence-corrected chi connectivity index (χ3v) is 4.50. The fraction of sp³-hybridized carbons (Fsp3) is 0.538. The zero-order valence-electron chi connectivity index (χ0n) is 9.63. The number of rotatable bonds is 4. The van der Waals surface area contributed by atoms with Crippen molar-refractivity contribution in [2.45, 2.75) is 19.4 Å². The van der Waals surface area contributed by atoms with Crippen LogP contribution in [0.1, 0.15) is 18.4 Å². The van der Waals surface area contributed by atoms with Gasteiger partial charge < -0.3 is 0 Å². The van der Waals surface area contributed by atoms with Gasteiger partial charge in [0.2, 0.25) is 0 Å². The molecule has 1 unspecified atom stereocenters. The van der Waals surface area contributed by atoms with E-state index in [2.05, 4.69) is 20.8 Å². The lowest BCUT2D eigenvalue weighted by atomic mass is 10.1. The Morgan fingerprint density at radius 2 is 2.00 bits per heavy atom. The van der Waals surface area contributed by atoms with Gasteiger partial charge in [0, 0.05) is 34.0 Å². The molecule has 1 heterocycles. The number of likely N-dealkylation sites (tertiary alicyclic amines) is 1. The van der Waals surface area contributed by atoms with Crippen LogP contribution in [0.4, 0.5) is 0 Å². The summed E-state index contributed by atoms with van der Waals surface area (Å²) in [6.07, 6.45) is 2.54. The standard InChI is InChI=1S/C13H16BrCl2N/c14-6-4-10-5-7-17(8-10)9-11-12(15)2-1-3-13(11)16/h1-3,10H,4-9H2. The summed E-state index contributed by atoms with van der Waals surface area (Å²) in [5, 5.41) is 2.65. The fourth-order valence-corrected chi connectivity index (χ4v) is 3.52. The van der Waals surface area contributed by atoms with Crippen LogP contribution in [-0.4, -0.2) is 23.3 Å². The Bertz CT molecular complexity index is 363. The molecule has 0 amide bonds. The smallest absolute Gasteiger partial charge is 0.0465 e. The van der Waals surface area contributed by atoms with Crippen molar-refractivity contribution in [2.24, 2.45) is 5.92 Å². The van der Waals surface area contributed by atoms with E-state index in [1.54, 1.807) is 0 Å². The van der Waals surface area contributed by atoms with Crippen molar-refractivity contribution in [1.82, 2.24) is 4.90 Å². The first-order chi connectivity index (χ1) is 8.20. The molecule has 1 aliphatic rings. The molecule has 0 spiro atoms. The molecule has 1 aromatic rings. The molecule has 94 valence electrons. The predicted octanol–water partition coefficient (Wildman–Crippen LogP) is 4.60. The SMILES string of the molecule is Clc1cccc(Cl)c1CN1CCC(CCBr)C1. The molecule has 1 aliphatic heterocycles. The quantitative estimate of drug-likeness (QED) is 0.726. The van der Waals surface area contributed by atoms with Crippen molar-refractivity contribution >= 4 is 39.1 Å². The molecule has 4 heteroatoms. The molecule has 0 aliphatic carbocycles. The maximum atomic E-state index is 6.19. The minimum absolute atomic E-state index is 0.779. The summed E-state index contributed by atoms with van der Waals surface area (Å²) in [6, 6.07) is 5.72. The minimum atomic E-state index is 0.779. The second-order valence-corrected chi connectivity index (χ2v) is 6.18. The zero-order chi connectivity index (χ0) is 12.3. The summed E-state index contributed by atoms with van der Waals surface area (Å²) in [4.78, 5) is 2.44. The number of hydrogen-bond donors (Lipinski definition) is 0. The number of nitrogens with zero attached hydrogens (tertiary/aromatic N) is 1. The average Bonchev–Trinajstić information content (AvgIpc) is 2.72. The summed E-state index contributed by atoms with van der Waals surface area (Å²) >= 11 is 15.9. The van der Waals surface area contributed by atoms with Gasteiger partial charge in [-0.1, -0.05) is 45.2 Å². The molecule has 0 radical (unpaired) electrons. The molecule has 0 N–H and O–H groups in total. The van der Waals surface area contributed by atoms with Crippen LogP contribution < -0.4 is 0 Å². The van der Waals surface area contributed by atoms with E-state index in [0.29, 0.717) is 0 Å². The minimum Gasteiger partial charge on any atom is -0.299 e. The lowest BCUT2D eigenvalue weighted by Gasteiger charge is -2.17. The lowest BCUT2D eigenvalue weighted by molar-refractivity contribution is 0.316. The lowest BCUT2D eigenvalue weighted by Crippen LogP contribution is -2.20. The van der Waals surface area contributed by atoms with Gasteiger partial charge >= 0.3 is 0 Å². The molecule has 1 aromatic carbocycles. The summed E-state index contributed by atoms with van der Waals surface area (Å²) in [6.45, 7) is 3.18. The van der Waals surface area contributed by atoms with E-state index in [-0.39, 0.29) is 0 Å². The van der Waals surface area contributed by atoms with E-state index >= 15 is 0 Å². The van der Waals surface area contributed by atoms with Gasteiger partial charge in [-0.25, -0.2) is 0 Å². The molecule has 1 atom stereocenters. The van der Waals surface area contributed by atoms with Crippen molar-refractivity contribution < 1.29 is 0 Å². The van der Waals surface area contributed by atoms with Crippen molar-refractivity contribution in [3.63, 3.8) is 0 Å². The molecule has 1 nitrogen and oxygen atoms in total. The fourth-order valence-electron chi connectivity index (χ4n) is 2.35. The highest BCUT2D eigenvalue weighted by molar-refractivity contribution is 9.09. The van der Waals surface area contributed by atoms with E-state index in [1.807, 2.05) is 18.2 Å². The van der Waals surface area contributed by atoms with Crippen molar-refractivity contribution in [1.29, 1.82) is 0 Å². The third-order valence-electron chi connectivity index (χ3n) is 3.33. The van der Waals surface area contributed by atoms with Crippen LogP contribution >= 0.6 is 39.1 Å². The first kappa shape index (κ1) is 13.7. The Hall–Kier alpha value is 0.240. The van der Waals surface area contributed by atoms with E-state index in [9.17, 15) is 0 Å². The monoisotopic (exact) mass is 335 g/mol. The molecule has 0 bridgehead atoms. The third kappa shape index (κ3) is 3.60. The zero-order valence-corrected chi connectivity index (χ0v) is 12.7. The van der Waals surface area contributed by atoms with Crippen LogP contribution in [0.5, 0.6) is 0 Å². The summed E-state index contributed by atoms with van der Waals surface area (Å²) < 4.78 is 0. The predicted molar refractivity (Wildman–Crippen MR) is 78.3 cm³/mol. The Kier molecular flexibility index (Phi) is 5.16. The number of hydrogen-bond acceptors (Lipinski definition) is 1. The van der Waals surface area contributed by atoms with Gasteiger partial charge in [0.15, 0.2) is 0 Å². The van der Waals surface area contributed by atoms with Crippen LogP contribution in [0.15, 0.2) is 18.2 Å². The summed E-state index contributed by atoms with van der Waals surface area (Å²) in [7, 11) is 0. The average molecular weight is 337 g/mol. The van der Waals surface area contributed by atoms with Crippen LogP contribution in [0.2, 0.25) is 10.0 Å². The maximum Gasteiger partial charge on any atom is 0.0465 e. The number of benzene rings is 1. The number of halogens is 3. The van der Waals surface area contributed by atoms with E-state index in [0.717, 1.165) is 46.5 Å². The Morgan fingerprint density at radius 1 is 1.29 bits per heavy atom. The van der Waals surface area contributed by atoms with Crippen molar-refractivity contribution in [2.75, 3.05) is 18.4 Å². The van der Waals surface area contributed by atoms with Crippen LogP contribution in [0, 0.1) is 5.92 Å².